The lowest BCUT2D eigenvalue weighted by molar-refractivity contribution is 0.193. The maximum absolute atomic E-state index is 12.1. The highest BCUT2D eigenvalue weighted by atomic mass is 16.2. The summed E-state index contributed by atoms with van der Waals surface area (Å²) in [6.07, 6.45) is 0. The number of carbonyl (C=O) groups excluding carboxylic acids is 1. The molecule has 4 heteroatoms. The largest absolute Gasteiger partial charge is 0.325 e. The van der Waals surface area contributed by atoms with Crippen molar-refractivity contribution < 1.29 is 4.79 Å². The van der Waals surface area contributed by atoms with Crippen LogP contribution in [-0.4, -0.2) is 24.0 Å². The molecule has 0 saturated heterocycles. The van der Waals surface area contributed by atoms with E-state index in [4.69, 9.17) is 5.73 Å². The van der Waals surface area contributed by atoms with E-state index in [9.17, 15) is 4.79 Å². The number of nitrogens with two attached hydrogens (primary N) is 1. The zero-order valence-corrected chi connectivity index (χ0v) is 12.5. The van der Waals surface area contributed by atoms with Gasteiger partial charge in [-0.3, -0.25) is 0 Å². The summed E-state index contributed by atoms with van der Waals surface area (Å²) in [4.78, 5) is 13.8. The number of hydrogen-bond acceptors (Lipinski definition) is 2. The Morgan fingerprint density at radius 3 is 2.42 bits per heavy atom. The Balaban J connectivity index is 2.74. The molecule has 0 spiro atoms. The summed E-state index contributed by atoms with van der Waals surface area (Å²) in [6, 6.07) is 7.71. The molecule has 2 amide bonds. The van der Waals surface area contributed by atoms with Gasteiger partial charge in [-0.15, -0.1) is 0 Å². The first kappa shape index (κ1) is 15.5. The molecular formula is C15H25N3O. The molecule has 1 aromatic carbocycles. The van der Waals surface area contributed by atoms with Gasteiger partial charge >= 0.3 is 6.03 Å². The van der Waals surface area contributed by atoms with Gasteiger partial charge in [0.1, 0.15) is 0 Å². The number of amides is 2. The maximum atomic E-state index is 12.1. The summed E-state index contributed by atoms with van der Waals surface area (Å²) in [6.45, 7) is 8.17. The van der Waals surface area contributed by atoms with Gasteiger partial charge in [0.2, 0.25) is 0 Å². The molecule has 2 atom stereocenters. The van der Waals surface area contributed by atoms with E-state index in [1.54, 1.807) is 4.90 Å². The summed E-state index contributed by atoms with van der Waals surface area (Å²) in [5.74, 6) is 0.422. The van der Waals surface area contributed by atoms with Crippen LogP contribution < -0.4 is 11.1 Å². The molecule has 106 valence electrons. The molecule has 0 saturated carbocycles. The van der Waals surface area contributed by atoms with Crippen LogP contribution in [0.5, 0.6) is 0 Å². The van der Waals surface area contributed by atoms with Crippen molar-refractivity contribution >= 4 is 11.7 Å². The van der Waals surface area contributed by atoms with Gasteiger partial charge in [0, 0.05) is 24.8 Å². The lowest BCUT2D eigenvalue weighted by Gasteiger charge is -2.28. The third-order valence-electron chi connectivity index (χ3n) is 3.56. The van der Waals surface area contributed by atoms with Gasteiger partial charge in [-0.1, -0.05) is 26.0 Å². The van der Waals surface area contributed by atoms with Crippen LogP contribution in [-0.2, 0) is 0 Å². The van der Waals surface area contributed by atoms with Crippen molar-refractivity contribution in [1.82, 2.24) is 4.90 Å². The van der Waals surface area contributed by atoms with Crippen molar-refractivity contribution in [2.24, 2.45) is 11.7 Å². The molecule has 0 bridgehead atoms. The highest BCUT2D eigenvalue weighted by Crippen LogP contribution is 2.17. The topological polar surface area (TPSA) is 58.4 Å². The molecule has 3 N–H and O–H groups in total. The monoisotopic (exact) mass is 263 g/mol. The summed E-state index contributed by atoms with van der Waals surface area (Å²) in [5, 5.41) is 2.90. The smallest absolute Gasteiger partial charge is 0.321 e. The first-order valence-electron chi connectivity index (χ1n) is 6.72. The molecule has 0 aromatic heterocycles. The molecular weight excluding hydrogens is 238 g/mol. The van der Waals surface area contributed by atoms with Gasteiger partial charge in [0.25, 0.3) is 0 Å². The Hall–Kier alpha value is -1.55. The standard InChI is InChI=1S/C15H25N3O/c1-10(2)12(4)18(5)15(19)17-14-8-6-7-13(9-14)11(3)16/h6-12H,16H2,1-5H3,(H,17,19). The van der Waals surface area contributed by atoms with Gasteiger partial charge in [0.15, 0.2) is 0 Å². The van der Waals surface area contributed by atoms with Crippen LogP contribution in [0.1, 0.15) is 39.3 Å². The molecule has 0 aliphatic carbocycles. The molecule has 0 aliphatic heterocycles. The second-order valence-corrected chi connectivity index (χ2v) is 5.44. The predicted octanol–water partition coefficient (Wildman–Crippen LogP) is 3.21. The number of hydrogen-bond donors (Lipinski definition) is 2. The summed E-state index contributed by atoms with van der Waals surface area (Å²) >= 11 is 0. The third-order valence-corrected chi connectivity index (χ3v) is 3.56. The van der Waals surface area contributed by atoms with Crippen molar-refractivity contribution in [2.75, 3.05) is 12.4 Å². The minimum atomic E-state index is -0.0944. The SMILES string of the molecule is CC(N)c1cccc(NC(=O)N(C)C(C)C(C)C)c1. The van der Waals surface area contributed by atoms with Crippen molar-refractivity contribution in [3.8, 4) is 0 Å². The Bertz CT molecular complexity index is 429. The van der Waals surface area contributed by atoms with Crippen molar-refractivity contribution in [1.29, 1.82) is 0 Å². The molecule has 0 fully saturated rings. The second-order valence-electron chi connectivity index (χ2n) is 5.44. The van der Waals surface area contributed by atoms with Crippen LogP contribution in [0.15, 0.2) is 24.3 Å². The molecule has 4 nitrogen and oxygen atoms in total. The number of urea groups is 1. The first-order chi connectivity index (χ1) is 8.82. The third kappa shape index (κ3) is 4.24. The van der Waals surface area contributed by atoms with Crippen LogP contribution in [0.2, 0.25) is 0 Å². The second kappa shape index (κ2) is 6.57. The van der Waals surface area contributed by atoms with Crippen molar-refractivity contribution in [2.45, 2.75) is 39.8 Å². The number of anilines is 1. The van der Waals surface area contributed by atoms with E-state index in [0.29, 0.717) is 5.92 Å². The van der Waals surface area contributed by atoms with Crippen molar-refractivity contribution in [3.05, 3.63) is 29.8 Å². The molecule has 0 heterocycles. The van der Waals surface area contributed by atoms with E-state index in [-0.39, 0.29) is 18.1 Å². The van der Waals surface area contributed by atoms with Gasteiger partial charge in [-0.2, -0.15) is 0 Å². The average molecular weight is 263 g/mol. The van der Waals surface area contributed by atoms with Crippen molar-refractivity contribution in [3.63, 3.8) is 0 Å². The zero-order chi connectivity index (χ0) is 14.6. The minimum absolute atomic E-state index is 0.0378. The van der Waals surface area contributed by atoms with Gasteiger partial charge in [-0.05, 0) is 37.5 Å². The fourth-order valence-electron chi connectivity index (χ4n) is 1.74. The summed E-state index contributed by atoms with van der Waals surface area (Å²) in [7, 11) is 1.81. The van der Waals surface area contributed by atoms with E-state index >= 15 is 0 Å². The Morgan fingerprint density at radius 1 is 1.26 bits per heavy atom. The zero-order valence-electron chi connectivity index (χ0n) is 12.5. The van der Waals surface area contributed by atoms with Crippen LogP contribution in [0.3, 0.4) is 0 Å². The number of rotatable bonds is 4. The highest BCUT2D eigenvalue weighted by molar-refractivity contribution is 5.89. The quantitative estimate of drug-likeness (QED) is 0.876. The molecule has 2 unspecified atom stereocenters. The number of nitrogens with zero attached hydrogens (tertiary/aromatic N) is 1. The number of benzene rings is 1. The Kier molecular flexibility index (Phi) is 5.36. The van der Waals surface area contributed by atoms with Gasteiger partial charge < -0.3 is 16.0 Å². The summed E-state index contributed by atoms with van der Waals surface area (Å²) in [5.41, 5.74) is 7.63. The maximum Gasteiger partial charge on any atom is 0.321 e. The molecule has 19 heavy (non-hydrogen) atoms. The van der Waals surface area contributed by atoms with E-state index in [0.717, 1.165) is 11.3 Å². The van der Waals surface area contributed by atoms with Gasteiger partial charge in [0.05, 0.1) is 0 Å². The van der Waals surface area contributed by atoms with E-state index in [2.05, 4.69) is 19.2 Å². The normalized spacial score (nSPS) is 14.1. The number of nitrogens with one attached hydrogen (secondary N) is 1. The van der Waals surface area contributed by atoms with Crippen LogP contribution in [0, 0.1) is 5.92 Å². The van der Waals surface area contributed by atoms with E-state index in [1.165, 1.54) is 0 Å². The fourth-order valence-corrected chi connectivity index (χ4v) is 1.74. The molecule has 0 aliphatic rings. The average Bonchev–Trinajstić information content (AvgIpc) is 2.37. The summed E-state index contributed by atoms with van der Waals surface area (Å²) < 4.78 is 0. The fraction of sp³-hybridized carbons (Fsp3) is 0.533. The predicted molar refractivity (Wildman–Crippen MR) is 80.1 cm³/mol. The highest BCUT2D eigenvalue weighted by Gasteiger charge is 2.18. The lowest BCUT2D eigenvalue weighted by Crippen LogP contribution is -2.40. The Morgan fingerprint density at radius 2 is 1.89 bits per heavy atom. The van der Waals surface area contributed by atoms with Crippen LogP contribution in [0.4, 0.5) is 10.5 Å². The first-order valence-corrected chi connectivity index (χ1v) is 6.72. The molecule has 1 rings (SSSR count). The lowest BCUT2D eigenvalue weighted by atomic mass is 10.1. The van der Waals surface area contributed by atoms with Crippen LogP contribution >= 0.6 is 0 Å². The molecule has 1 aromatic rings. The molecule has 0 radical (unpaired) electrons. The van der Waals surface area contributed by atoms with Gasteiger partial charge in [-0.25, -0.2) is 4.79 Å². The van der Waals surface area contributed by atoms with E-state index < -0.39 is 0 Å². The van der Waals surface area contributed by atoms with Crippen LogP contribution in [0.25, 0.3) is 0 Å². The minimum Gasteiger partial charge on any atom is -0.325 e. The van der Waals surface area contributed by atoms with E-state index in [1.807, 2.05) is 45.2 Å². The Labute approximate surface area is 116 Å². The number of carbonyl (C=O) groups is 1.